The van der Waals surface area contributed by atoms with Crippen molar-refractivity contribution in [2.45, 2.75) is 19.4 Å². The number of anilines is 2. The second-order valence-corrected chi connectivity index (χ2v) is 7.01. The number of amides is 1. The number of para-hydroxylation sites is 1. The normalized spacial score (nSPS) is 19.2. The maximum Gasteiger partial charge on any atom is 0.238 e. The van der Waals surface area contributed by atoms with Crippen LogP contribution < -0.4 is 10.2 Å². The fourth-order valence-corrected chi connectivity index (χ4v) is 3.89. The van der Waals surface area contributed by atoms with E-state index in [0.29, 0.717) is 12.5 Å². The molecule has 3 heterocycles. The first-order valence-electron chi connectivity index (χ1n) is 9.03. The number of carbonyl (C=O) groups excluding carboxylic acids is 1. The number of carbonyl (C=O) groups is 1. The highest BCUT2D eigenvalue weighted by Gasteiger charge is 2.25. The lowest BCUT2D eigenvalue weighted by molar-refractivity contribution is -0.117. The molecule has 1 N–H and O–H groups in total. The Morgan fingerprint density at radius 2 is 1.80 bits per heavy atom. The first-order valence-corrected chi connectivity index (χ1v) is 9.03. The molecule has 2 aromatic rings. The monoisotopic (exact) mass is 336 g/mol. The third kappa shape index (κ3) is 3.82. The van der Waals surface area contributed by atoms with Crippen LogP contribution in [0.4, 0.5) is 11.4 Å². The van der Waals surface area contributed by atoms with Gasteiger partial charge in [-0.15, -0.1) is 0 Å². The molecule has 1 amide bonds. The van der Waals surface area contributed by atoms with E-state index < -0.39 is 0 Å². The van der Waals surface area contributed by atoms with E-state index in [-0.39, 0.29) is 5.91 Å². The SMILES string of the molecule is O=C1CN(CC2CCN(c3ccncc3)CC2)Cc2ccccc2N1. The first kappa shape index (κ1) is 16.1. The minimum Gasteiger partial charge on any atom is -0.371 e. The number of aromatic nitrogens is 1. The first-order chi connectivity index (χ1) is 12.3. The predicted octanol–water partition coefficient (Wildman–Crippen LogP) is 2.75. The number of piperidine rings is 1. The van der Waals surface area contributed by atoms with Crippen molar-refractivity contribution in [2.75, 3.05) is 36.4 Å². The molecule has 2 aliphatic rings. The summed E-state index contributed by atoms with van der Waals surface area (Å²) < 4.78 is 0. The fourth-order valence-electron chi connectivity index (χ4n) is 3.89. The van der Waals surface area contributed by atoms with Gasteiger partial charge >= 0.3 is 0 Å². The largest absolute Gasteiger partial charge is 0.371 e. The summed E-state index contributed by atoms with van der Waals surface area (Å²) in [5.41, 5.74) is 3.43. The molecule has 0 aliphatic carbocycles. The minimum absolute atomic E-state index is 0.0965. The Hall–Kier alpha value is -2.40. The molecule has 25 heavy (non-hydrogen) atoms. The molecule has 0 atom stereocenters. The third-order valence-electron chi connectivity index (χ3n) is 5.21. The molecule has 130 valence electrons. The smallest absolute Gasteiger partial charge is 0.238 e. The van der Waals surface area contributed by atoms with Gasteiger partial charge in [-0.1, -0.05) is 18.2 Å². The van der Waals surface area contributed by atoms with Gasteiger partial charge in [-0.2, -0.15) is 0 Å². The van der Waals surface area contributed by atoms with Gasteiger partial charge in [0.25, 0.3) is 0 Å². The van der Waals surface area contributed by atoms with E-state index in [1.54, 1.807) is 0 Å². The summed E-state index contributed by atoms with van der Waals surface area (Å²) in [5.74, 6) is 0.746. The average Bonchev–Trinajstić information content (AvgIpc) is 2.80. The van der Waals surface area contributed by atoms with Gasteiger partial charge in [0.05, 0.1) is 6.54 Å². The van der Waals surface area contributed by atoms with Gasteiger partial charge in [0.1, 0.15) is 0 Å². The van der Waals surface area contributed by atoms with Crippen molar-refractivity contribution in [1.82, 2.24) is 9.88 Å². The summed E-state index contributed by atoms with van der Waals surface area (Å²) >= 11 is 0. The van der Waals surface area contributed by atoms with Gasteiger partial charge in [0, 0.05) is 49.9 Å². The molecule has 2 aliphatic heterocycles. The molecule has 0 spiro atoms. The van der Waals surface area contributed by atoms with E-state index in [1.807, 2.05) is 30.6 Å². The van der Waals surface area contributed by atoms with Crippen LogP contribution in [-0.2, 0) is 11.3 Å². The van der Waals surface area contributed by atoms with Gasteiger partial charge in [-0.3, -0.25) is 14.7 Å². The van der Waals surface area contributed by atoms with Crippen LogP contribution in [0.5, 0.6) is 0 Å². The number of nitrogens with one attached hydrogen (secondary N) is 1. The van der Waals surface area contributed by atoms with Crippen molar-refractivity contribution in [1.29, 1.82) is 0 Å². The number of benzene rings is 1. The van der Waals surface area contributed by atoms with Crippen LogP contribution in [0.1, 0.15) is 18.4 Å². The molecule has 0 unspecified atom stereocenters. The molecule has 5 heteroatoms. The molecule has 4 rings (SSSR count). The highest BCUT2D eigenvalue weighted by Crippen LogP contribution is 2.26. The number of fused-ring (bicyclic) bond motifs is 1. The van der Waals surface area contributed by atoms with Crippen molar-refractivity contribution in [2.24, 2.45) is 5.92 Å². The van der Waals surface area contributed by atoms with Crippen LogP contribution in [0.15, 0.2) is 48.8 Å². The summed E-state index contributed by atoms with van der Waals surface area (Å²) in [6, 6.07) is 12.3. The van der Waals surface area contributed by atoms with E-state index in [1.165, 1.54) is 24.1 Å². The predicted molar refractivity (Wildman–Crippen MR) is 99.5 cm³/mol. The maximum absolute atomic E-state index is 12.2. The molecule has 0 saturated carbocycles. The van der Waals surface area contributed by atoms with E-state index in [2.05, 4.69) is 38.3 Å². The Morgan fingerprint density at radius 3 is 2.60 bits per heavy atom. The van der Waals surface area contributed by atoms with Crippen LogP contribution in [-0.4, -0.2) is 42.0 Å². The van der Waals surface area contributed by atoms with Gasteiger partial charge in [-0.25, -0.2) is 0 Å². The van der Waals surface area contributed by atoms with Crippen molar-refractivity contribution in [3.63, 3.8) is 0 Å². The highest BCUT2D eigenvalue weighted by molar-refractivity contribution is 5.93. The number of rotatable bonds is 3. The number of hydrogen-bond donors (Lipinski definition) is 1. The molecule has 1 aromatic carbocycles. The van der Waals surface area contributed by atoms with Crippen LogP contribution >= 0.6 is 0 Å². The Labute approximate surface area is 148 Å². The van der Waals surface area contributed by atoms with E-state index in [9.17, 15) is 4.79 Å². The summed E-state index contributed by atoms with van der Waals surface area (Å²) in [5, 5.41) is 3.02. The molecule has 1 saturated heterocycles. The lowest BCUT2D eigenvalue weighted by Gasteiger charge is -2.35. The second kappa shape index (κ2) is 7.23. The topological polar surface area (TPSA) is 48.5 Å². The quantitative estimate of drug-likeness (QED) is 0.936. The fraction of sp³-hybridized carbons (Fsp3) is 0.400. The molecule has 0 bridgehead atoms. The summed E-state index contributed by atoms with van der Waals surface area (Å²) in [4.78, 5) is 21.0. The van der Waals surface area contributed by atoms with E-state index >= 15 is 0 Å². The Kier molecular flexibility index (Phi) is 4.65. The molecular weight excluding hydrogens is 312 g/mol. The van der Waals surface area contributed by atoms with Crippen molar-refractivity contribution in [3.05, 3.63) is 54.4 Å². The number of hydrogen-bond acceptors (Lipinski definition) is 4. The van der Waals surface area contributed by atoms with Crippen LogP contribution in [0.2, 0.25) is 0 Å². The van der Waals surface area contributed by atoms with Gasteiger partial charge in [-0.05, 0) is 42.5 Å². The molecule has 1 fully saturated rings. The zero-order chi connectivity index (χ0) is 17.1. The van der Waals surface area contributed by atoms with E-state index in [4.69, 9.17) is 0 Å². The highest BCUT2D eigenvalue weighted by atomic mass is 16.2. The van der Waals surface area contributed by atoms with Crippen molar-refractivity contribution < 1.29 is 4.79 Å². The van der Waals surface area contributed by atoms with Crippen molar-refractivity contribution >= 4 is 17.3 Å². The Balaban J connectivity index is 1.36. The van der Waals surface area contributed by atoms with Gasteiger partial charge in [0.15, 0.2) is 0 Å². The van der Waals surface area contributed by atoms with Gasteiger partial charge in [0.2, 0.25) is 5.91 Å². The molecule has 0 radical (unpaired) electrons. The second-order valence-electron chi connectivity index (χ2n) is 7.01. The molecule has 1 aromatic heterocycles. The Morgan fingerprint density at radius 1 is 1.04 bits per heavy atom. The minimum atomic E-state index is 0.0965. The Bertz CT molecular complexity index is 725. The zero-order valence-corrected chi connectivity index (χ0v) is 14.4. The van der Waals surface area contributed by atoms with Crippen LogP contribution in [0, 0.1) is 5.92 Å². The van der Waals surface area contributed by atoms with E-state index in [0.717, 1.165) is 31.9 Å². The lowest BCUT2D eigenvalue weighted by Crippen LogP contribution is -2.40. The molecule has 5 nitrogen and oxygen atoms in total. The maximum atomic E-state index is 12.2. The number of pyridine rings is 1. The van der Waals surface area contributed by atoms with Gasteiger partial charge < -0.3 is 10.2 Å². The number of nitrogens with zero attached hydrogens (tertiary/aromatic N) is 3. The summed E-state index contributed by atoms with van der Waals surface area (Å²) in [7, 11) is 0. The zero-order valence-electron chi connectivity index (χ0n) is 14.4. The molecular formula is C20H24N4O. The van der Waals surface area contributed by atoms with Crippen LogP contribution in [0.25, 0.3) is 0 Å². The summed E-state index contributed by atoms with van der Waals surface area (Å²) in [6.07, 6.45) is 6.05. The van der Waals surface area contributed by atoms with Crippen LogP contribution in [0.3, 0.4) is 0 Å². The standard InChI is InChI=1S/C20H24N4O/c25-20-15-23(14-17-3-1-2-4-19(17)22-20)13-16-7-11-24(12-8-16)18-5-9-21-10-6-18/h1-6,9-10,16H,7-8,11-15H2,(H,22,25). The third-order valence-corrected chi connectivity index (χ3v) is 5.21. The average molecular weight is 336 g/mol. The van der Waals surface area contributed by atoms with Crippen molar-refractivity contribution in [3.8, 4) is 0 Å². The summed E-state index contributed by atoms with van der Waals surface area (Å²) in [6.45, 7) is 4.47. The lowest BCUT2D eigenvalue weighted by atomic mass is 9.95.